The molecule has 20 heavy (non-hydrogen) atoms. The second-order valence-electron chi connectivity index (χ2n) is 4.61. The smallest absolute Gasteiger partial charge is 0.153 e. The number of aromatic nitrogens is 4. The topological polar surface area (TPSA) is 77.7 Å². The monoisotopic (exact) mass is 314 g/mol. The molecule has 0 unspecified atom stereocenters. The second kappa shape index (κ2) is 6.01. The summed E-state index contributed by atoms with van der Waals surface area (Å²) >= 11 is 1.37. The maximum atomic E-state index is 11.2. The number of rotatable bonds is 6. The molecule has 0 aliphatic heterocycles. The van der Waals surface area contributed by atoms with Crippen molar-refractivity contribution in [3.63, 3.8) is 0 Å². The van der Waals surface area contributed by atoms with Crippen molar-refractivity contribution in [2.45, 2.75) is 39.0 Å². The van der Waals surface area contributed by atoms with E-state index in [1.54, 1.807) is 0 Å². The molecule has 0 radical (unpaired) electrons. The van der Waals surface area contributed by atoms with Crippen LogP contribution in [0.25, 0.3) is 0 Å². The van der Waals surface area contributed by atoms with Crippen LogP contribution in [0.3, 0.4) is 0 Å². The molecule has 6 nitrogen and oxygen atoms in total. The molecule has 2 aromatic heterocycles. The lowest BCUT2D eigenvalue weighted by Gasteiger charge is -2.01. The van der Waals surface area contributed by atoms with Gasteiger partial charge in [-0.3, -0.25) is 0 Å². The van der Waals surface area contributed by atoms with Gasteiger partial charge in [0.15, 0.2) is 15.7 Å². The molecule has 8 heteroatoms. The van der Waals surface area contributed by atoms with E-state index in [9.17, 15) is 8.42 Å². The third-order valence-electron chi connectivity index (χ3n) is 2.72. The molecule has 0 spiro atoms. The van der Waals surface area contributed by atoms with Gasteiger partial charge in [0.25, 0.3) is 0 Å². The minimum Gasteiger partial charge on any atom is -0.244 e. The largest absolute Gasteiger partial charge is 0.244 e. The van der Waals surface area contributed by atoms with Crippen molar-refractivity contribution in [2.24, 2.45) is 0 Å². The van der Waals surface area contributed by atoms with Gasteiger partial charge in [-0.2, -0.15) is 5.10 Å². The normalized spacial score (nSPS) is 11.9. The lowest BCUT2D eigenvalue weighted by atomic mass is 10.4. The maximum Gasteiger partial charge on any atom is 0.153 e. The van der Waals surface area contributed by atoms with E-state index in [1.807, 2.05) is 23.9 Å². The van der Waals surface area contributed by atoms with E-state index < -0.39 is 9.84 Å². The SMILES string of the molecule is CCc1nc(CC)n(Cc2csc(CS(C)(=O)=O)n2)n1. The Balaban J connectivity index is 2.16. The van der Waals surface area contributed by atoms with Gasteiger partial charge >= 0.3 is 0 Å². The van der Waals surface area contributed by atoms with Crippen LogP contribution in [-0.4, -0.2) is 34.4 Å². The van der Waals surface area contributed by atoms with Gasteiger partial charge in [-0.25, -0.2) is 23.1 Å². The fraction of sp³-hybridized carbons (Fsp3) is 0.583. The number of hydrogen-bond donors (Lipinski definition) is 0. The van der Waals surface area contributed by atoms with Crippen molar-refractivity contribution in [3.8, 4) is 0 Å². The van der Waals surface area contributed by atoms with Crippen LogP contribution in [0.4, 0.5) is 0 Å². The fourth-order valence-corrected chi connectivity index (χ4v) is 3.83. The van der Waals surface area contributed by atoms with Crippen LogP contribution in [0.15, 0.2) is 5.38 Å². The fourth-order valence-electron chi connectivity index (χ4n) is 1.83. The Morgan fingerprint density at radius 3 is 2.60 bits per heavy atom. The Bertz CT molecular complexity index is 688. The Labute approximate surface area is 122 Å². The van der Waals surface area contributed by atoms with Gasteiger partial charge in [0, 0.05) is 24.5 Å². The van der Waals surface area contributed by atoms with E-state index in [0.29, 0.717) is 11.6 Å². The predicted molar refractivity (Wildman–Crippen MR) is 78.5 cm³/mol. The highest BCUT2D eigenvalue weighted by atomic mass is 32.2. The number of sulfone groups is 1. The summed E-state index contributed by atoms with van der Waals surface area (Å²) in [5, 5.41) is 6.93. The summed E-state index contributed by atoms with van der Waals surface area (Å²) < 4.78 is 24.3. The molecule has 0 saturated heterocycles. The van der Waals surface area contributed by atoms with Crippen molar-refractivity contribution < 1.29 is 8.42 Å². The molecule has 110 valence electrons. The molecule has 2 heterocycles. The van der Waals surface area contributed by atoms with Gasteiger partial charge in [-0.15, -0.1) is 11.3 Å². The summed E-state index contributed by atoms with van der Waals surface area (Å²) in [5.74, 6) is 1.75. The Hall–Kier alpha value is -1.28. The van der Waals surface area contributed by atoms with Crippen molar-refractivity contribution in [3.05, 3.63) is 27.7 Å². The Kier molecular flexibility index (Phi) is 4.54. The second-order valence-corrected chi connectivity index (χ2v) is 7.69. The molecule has 0 atom stereocenters. The Morgan fingerprint density at radius 1 is 1.25 bits per heavy atom. The molecular weight excluding hydrogens is 296 g/mol. The van der Waals surface area contributed by atoms with Gasteiger partial charge in [-0.1, -0.05) is 13.8 Å². The lowest BCUT2D eigenvalue weighted by molar-refractivity contribution is 0.600. The van der Waals surface area contributed by atoms with E-state index in [-0.39, 0.29) is 5.75 Å². The molecule has 0 aromatic carbocycles. The lowest BCUT2D eigenvalue weighted by Crippen LogP contribution is -2.07. The Morgan fingerprint density at radius 2 is 2.00 bits per heavy atom. The molecule has 0 fully saturated rings. The summed E-state index contributed by atoms with van der Waals surface area (Å²) in [6, 6.07) is 0. The number of thiazole rings is 1. The van der Waals surface area contributed by atoms with Crippen molar-refractivity contribution >= 4 is 21.2 Å². The molecule has 0 saturated carbocycles. The van der Waals surface area contributed by atoms with Gasteiger partial charge in [0.05, 0.1) is 12.2 Å². The van der Waals surface area contributed by atoms with Gasteiger partial charge in [-0.05, 0) is 0 Å². The summed E-state index contributed by atoms with van der Waals surface area (Å²) in [5.41, 5.74) is 0.830. The third-order valence-corrected chi connectivity index (χ3v) is 4.60. The van der Waals surface area contributed by atoms with Gasteiger partial charge in [0.1, 0.15) is 16.6 Å². The molecule has 2 aromatic rings. The van der Waals surface area contributed by atoms with Crippen molar-refractivity contribution in [1.82, 2.24) is 19.7 Å². The molecule has 0 aliphatic carbocycles. The maximum absolute atomic E-state index is 11.2. The van der Waals surface area contributed by atoms with Crippen molar-refractivity contribution in [2.75, 3.05) is 6.26 Å². The predicted octanol–water partition coefficient (Wildman–Crippen LogP) is 1.45. The summed E-state index contributed by atoms with van der Waals surface area (Å²) in [7, 11) is -3.04. The molecular formula is C12H18N4O2S2. The van der Waals surface area contributed by atoms with Crippen LogP contribution < -0.4 is 0 Å². The van der Waals surface area contributed by atoms with Crippen LogP contribution in [0.2, 0.25) is 0 Å². The minimum absolute atomic E-state index is 0.00410. The summed E-state index contributed by atoms with van der Waals surface area (Å²) in [6.07, 6.45) is 2.83. The highest BCUT2D eigenvalue weighted by molar-refractivity contribution is 7.90. The zero-order chi connectivity index (χ0) is 14.8. The number of nitrogens with zero attached hydrogens (tertiary/aromatic N) is 4. The van der Waals surface area contributed by atoms with E-state index in [4.69, 9.17) is 0 Å². The molecule has 0 bridgehead atoms. The first-order valence-electron chi connectivity index (χ1n) is 6.45. The van der Waals surface area contributed by atoms with Crippen LogP contribution in [0.5, 0.6) is 0 Å². The molecule has 0 amide bonds. The van der Waals surface area contributed by atoms with Crippen molar-refractivity contribution in [1.29, 1.82) is 0 Å². The molecule has 0 aliphatic rings. The number of aryl methyl sites for hydroxylation is 2. The first kappa shape index (κ1) is 15.1. The average Bonchev–Trinajstić information content (AvgIpc) is 2.94. The van der Waals surface area contributed by atoms with E-state index in [1.165, 1.54) is 17.6 Å². The van der Waals surface area contributed by atoms with E-state index in [2.05, 4.69) is 15.1 Å². The van der Waals surface area contributed by atoms with Crippen LogP contribution in [0, 0.1) is 0 Å². The van der Waals surface area contributed by atoms with Gasteiger partial charge < -0.3 is 0 Å². The van der Waals surface area contributed by atoms with Crippen LogP contribution in [-0.2, 0) is 35.0 Å². The standard InChI is InChI=1S/C12H18N4O2S2/c1-4-10-14-11(5-2)16(15-10)6-9-7-19-12(13-9)8-20(3,17)18/h7H,4-6,8H2,1-3H3. The highest BCUT2D eigenvalue weighted by Gasteiger charge is 2.12. The minimum atomic E-state index is -3.04. The molecule has 2 rings (SSSR count). The van der Waals surface area contributed by atoms with Gasteiger partial charge in [0.2, 0.25) is 0 Å². The van der Waals surface area contributed by atoms with E-state index in [0.717, 1.165) is 30.2 Å². The third kappa shape index (κ3) is 3.86. The summed E-state index contributed by atoms with van der Waals surface area (Å²) in [6.45, 7) is 4.60. The van der Waals surface area contributed by atoms with Crippen LogP contribution in [0.1, 0.15) is 36.2 Å². The van der Waals surface area contributed by atoms with Crippen LogP contribution >= 0.6 is 11.3 Å². The molecule has 0 N–H and O–H groups in total. The average molecular weight is 314 g/mol. The zero-order valence-corrected chi connectivity index (χ0v) is 13.5. The zero-order valence-electron chi connectivity index (χ0n) is 11.8. The first-order chi connectivity index (χ1) is 9.41. The summed E-state index contributed by atoms with van der Waals surface area (Å²) in [4.78, 5) is 8.79. The van der Waals surface area contributed by atoms with E-state index >= 15 is 0 Å². The first-order valence-corrected chi connectivity index (χ1v) is 9.39. The quantitative estimate of drug-likeness (QED) is 0.806. The highest BCUT2D eigenvalue weighted by Crippen LogP contribution is 2.14. The number of hydrogen-bond acceptors (Lipinski definition) is 6.